The van der Waals surface area contributed by atoms with Crippen LogP contribution in [0.25, 0.3) is 0 Å². The first kappa shape index (κ1) is 11.3. The predicted octanol–water partition coefficient (Wildman–Crippen LogP) is 0.107. The average Bonchev–Trinajstić information content (AvgIpc) is 2.64. The Morgan fingerprint density at radius 3 is 2.93 bits per heavy atom. The van der Waals surface area contributed by atoms with Gasteiger partial charge in [0.2, 0.25) is 0 Å². The Balaban J connectivity index is 2.67. The lowest BCUT2D eigenvalue weighted by molar-refractivity contribution is 0.989. The molecular formula is C7H13N5S2. The number of nitrogens with two attached hydrogens (primary N) is 3. The molecule has 1 aromatic heterocycles. The largest absolute Gasteiger partial charge is 0.370 e. The number of thioether (sulfide) groups is 1. The lowest BCUT2D eigenvalue weighted by Gasteiger charge is -2.08. The Morgan fingerprint density at radius 1 is 1.64 bits per heavy atom. The summed E-state index contributed by atoms with van der Waals surface area (Å²) in [6, 6.07) is 0. The summed E-state index contributed by atoms with van der Waals surface area (Å²) < 4.78 is 0. The monoisotopic (exact) mass is 231 g/mol. The van der Waals surface area contributed by atoms with Crippen molar-refractivity contribution in [3.05, 3.63) is 16.6 Å². The summed E-state index contributed by atoms with van der Waals surface area (Å²) in [5.41, 5.74) is 16.1. The summed E-state index contributed by atoms with van der Waals surface area (Å²) in [7, 11) is 0. The summed E-state index contributed by atoms with van der Waals surface area (Å²) in [5.74, 6) is 0.885. The van der Waals surface area contributed by atoms with Gasteiger partial charge in [-0.3, -0.25) is 0 Å². The van der Waals surface area contributed by atoms with Crippen LogP contribution in [0.15, 0.2) is 16.6 Å². The summed E-state index contributed by atoms with van der Waals surface area (Å²) in [6.07, 6.45) is 1.73. The minimum Gasteiger partial charge on any atom is -0.370 e. The fraction of sp³-hybridized carbons (Fsp3) is 0.429. The molecule has 7 heteroatoms. The molecule has 5 nitrogen and oxygen atoms in total. The first-order chi connectivity index (χ1) is 6.74. The van der Waals surface area contributed by atoms with Gasteiger partial charge < -0.3 is 17.2 Å². The van der Waals surface area contributed by atoms with Crippen LogP contribution in [0.2, 0.25) is 0 Å². The maximum absolute atomic E-state index is 5.41. The van der Waals surface area contributed by atoms with Crippen molar-refractivity contribution in [1.29, 1.82) is 0 Å². The molecule has 1 atom stereocenters. The van der Waals surface area contributed by atoms with E-state index in [4.69, 9.17) is 17.2 Å². The highest BCUT2D eigenvalue weighted by Crippen LogP contribution is 2.30. The van der Waals surface area contributed by atoms with E-state index in [0.717, 1.165) is 10.8 Å². The van der Waals surface area contributed by atoms with Crippen LogP contribution < -0.4 is 17.2 Å². The van der Waals surface area contributed by atoms with Crippen LogP contribution in [0.3, 0.4) is 0 Å². The number of hydrogen-bond acceptors (Lipinski definition) is 5. The smallest absolute Gasteiger partial charge is 0.187 e. The van der Waals surface area contributed by atoms with Gasteiger partial charge in [0.1, 0.15) is 5.01 Å². The third-order valence-corrected chi connectivity index (χ3v) is 3.42. The van der Waals surface area contributed by atoms with Crippen LogP contribution in [0.4, 0.5) is 0 Å². The molecule has 0 saturated carbocycles. The lowest BCUT2D eigenvalue weighted by atomic mass is 10.7. The van der Waals surface area contributed by atoms with Crippen LogP contribution >= 0.6 is 23.1 Å². The summed E-state index contributed by atoms with van der Waals surface area (Å²) in [5, 5.41) is 2.67. The second kappa shape index (κ2) is 5.84. The minimum atomic E-state index is -0.122. The van der Waals surface area contributed by atoms with Gasteiger partial charge >= 0.3 is 0 Å². The van der Waals surface area contributed by atoms with Gasteiger partial charge in [-0.15, -0.1) is 23.1 Å². The number of rotatable bonds is 5. The molecule has 0 aliphatic rings. The molecule has 1 aromatic rings. The van der Waals surface area contributed by atoms with Crippen LogP contribution in [0, 0.1) is 0 Å². The first-order valence-corrected chi connectivity index (χ1v) is 5.96. The maximum Gasteiger partial charge on any atom is 0.187 e. The molecule has 14 heavy (non-hydrogen) atoms. The highest BCUT2D eigenvalue weighted by molar-refractivity contribution is 7.99. The number of guanidine groups is 1. The third kappa shape index (κ3) is 3.52. The Bertz CT molecular complexity index is 280. The van der Waals surface area contributed by atoms with Gasteiger partial charge in [-0.25, -0.2) is 9.98 Å². The van der Waals surface area contributed by atoms with Crippen molar-refractivity contribution in [2.45, 2.75) is 5.37 Å². The quantitative estimate of drug-likeness (QED) is 0.493. The summed E-state index contributed by atoms with van der Waals surface area (Å²) >= 11 is 3.12. The molecule has 0 saturated heterocycles. The van der Waals surface area contributed by atoms with Crippen molar-refractivity contribution < 1.29 is 0 Å². The van der Waals surface area contributed by atoms with Crippen molar-refractivity contribution in [1.82, 2.24) is 4.98 Å². The van der Waals surface area contributed by atoms with E-state index in [0.29, 0.717) is 6.54 Å². The van der Waals surface area contributed by atoms with Gasteiger partial charge in [0.15, 0.2) is 11.3 Å². The highest BCUT2D eigenvalue weighted by atomic mass is 32.2. The Hall–Kier alpha value is -0.790. The maximum atomic E-state index is 5.41. The number of aromatic nitrogens is 1. The summed E-state index contributed by atoms with van der Waals surface area (Å²) in [4.78, 5) is 8.25. The second-order valence-corrected chi connectivity index (χ2v) is 4.55. The standard InChI is InChI=1S/C7H13N5S2/c8-1-3-13-6(12-7(9)10)5-11-2-4-14-5/h2,4,6H,1,3,8H2,(H4,9,10,12). The van der Waals surface area contributed by atoms with E-state index in [9.17, 15) is 0 Å². The molecule has 0 bridgehead atoms. The molecule has 0 radical (unpaired) electrons. The van der Waals surface area contributed by atoms with Gasteiger partial charge in [-0.2, -0.15) is 0 Å². The molecule has 0 aliphatic carbocycles. The average molecular weight is 231 g/mol. The van der Waals surface area contributed by atoms with Crippen LogP contribution in [0.1, 0.15) is 10.4 Å². The molecule has 0 aliphatic heterocycles. The lowest BCUT2D eigenvalue weighted by Crippen LogP contribution is -2.23. The number of thiazole rings is 1. The fourth-order valence-corrected chi connectivity index (χ4v) is 2.52. The molecular weight excluding hydrogens is 218 g/mol. The zero-order valence-corrected chi connectivity index (χ0v) is 9.22. The van der Waals surface area contributed by atoms with Crippen LogP contribution in [-0.4, -0.2) is 23.2 Å². The molecule has 1 heterocycles. The molecule has 0 aromatic carbocycles. The van der Waals surface area contributed by atoms with Gasteiger partial charge in [0.25, 0.3) is 0 Å². The van der Waals surface area contributed by atoms with E-state index >= 15 is 0 Å². The van der Waals surface area contributed by atoms with Crippen molar-refractivity contribution in [3.8, 4) is 0 Å². The van der Waals surface area contributed by atoms with Crippen molar-refractivity contribution in [2.75, 3.05) is 12.3 Å². The third-order valence-electron chi connectivity index (χ3n) is 1.32. The summed E-state index contributed by atoms with van der Waals surface area (Å²) in [6.45, 7) is 0.604. The highest BCUT2D eigenvalue weighted by Gasteiger charge is 2.12. The molecule has 1 unspecified atom stereocenters. The topological polar surface area (TPSA) is 103 Å². The van der Waals surface area contributed by atoms with Gasteiger partial charge in [-0.05, 0) is 0 Å². The number of nitrogens with zero attached hydrogens (tertiary/aromatic N) is 2. The second-order valence-electron chi connectivity index (χ2n) is 2.44. The van der Waals surface area contributed by atoms with E-state index in [2.05, 4.69) is 9.98 Å². The van der Waals surface area contributed by atoms with Crippen molar-refractivity contribution in [3.63, 3.8) is 0 Å². The molecule has 78 valence electrons. The van der Waals surface area contributed by atoms with Gasteiger partial charge in [0, 0.05) is 23.9 Å². The molecule has 1 rings (SSSR count). The molecule has 6 N–H and O–H groups in total. The molecule has 0 fully saturated rings. The fourth-order valence-electron chi connectivity index (χ4n) is 0.835. The number of aliphatic imine (C=N–C) groups is 1. The Morgan fingerprint density at radius 2 is 2.43 bits per heavy atom. The number of hydrogen-bond donors (Lipinski definition) is 3. The zero-order chi connectivity index (χ0) is 10.4. The zero-order valence-electron chi connectivity index (χ0n) is 7.59. The Kier molecular flexibility index (Phi) is 4.71. The molecule has 0 spiro atoms. The predicted molar refractivity (Wildman–Crippen MR) is 62.2 cm³/mol. The normalized spacial score (nSPS) is 12.4. The minimum absolute atomic E-state index is 0.0784. The van der Waals surface area contributed by atoms with Gasteiger partial charge in [0.05, 0.1) is 0 Å². The van der Waals surface area contributed by atoms with E-state index in [1.165, 1.54) is 11.3 Å². The van der Waals surface area contributed by atoms with E-state index in [1.54, 1.807) is 18.0 Å². The van der Waals surface area contributed by atoms with Crippen molar-refractivity contribution in [2.24, 2.45) is 22.2 Å². The van der Waals surface area contributed by atoms with E-state index < -0.39 is 0 Å². The van der Waals surface area contributed by atoms with E-state index in [1.807, 2.05) is 5.38 Å². The van der Waals surface area contributed by atoms with Crippen molar-refractivity contribution >= 4 is 29.1 Å². The van der Waals surface area contributed by atoms with Gasteiger partial charge in [-0.1, -0.05) is 0 Å². The van der Waals surface area contributed by atoms with Crippen LogP contribution in [-0.2, 0) is 0 Å². The Labute approximate surface area is 90.8 Å². The first-order valence-electron chi connectivity index (χ1n) is 4.04. The SMILES string of the molecule is NCCSC(N=C(N)N)c1nccs1. The molecule has 0 amide bonds. The van der Waals surface area contributed by atoms with Crippen LogP contribution in [0.5, 0.6) is 0 Å². The van der Waals surface area contributed by atoms with E-state index in [-0.39, 0.29) is 11.3 Å².